The number of rotatable bonds is 7. The summed E-state index contributed by atoms with van der Waals surface area (Å²) in [7, 11) is 0. The van der Waals surface area contributed by atoms with Crippen LogP contribution in [0.2, 0.25) is 0 Å². The molecule has 0 saturated heterocycles. The van der Waals surface area contributed by atoms with E-state index in [1.165, 1.54) is 0 Å². The quantitative estimate of drug-likeness (QED) is 0.317. The minimum absolute atomic E-state index is 0.103. The molecule has 0 aromatic carbocycles. The Bertz CT molecular complexity index is 212. The van der Waals surface area contributed by atoms with E-state index in [1.54, 1.807) is 13.8 Å². The van der Waals surface area contributed by atoms with Crippen LogP contribution in [0.1, 0.15) is 47.5 Å². The summed E-state index contributed by atoms with van der Waals surface area (Å²) in [6.45, 7) is 9.40. The van der Waals surface area contributed by atoms with Gasteiger partial charge in [-0.25, -0.2) is 9.68 Å². The predicted molar refractivity (Wildman–Crippen MR) is 58.9 cm³/mol. The zero-order valence-electron chi connectivity index (χ0n) is 10.6. The molecule has 0 heterocycles. The van der Waals surface area contributed by atoms with Gasteiger partial charge in [-0.05, 0) is 20.3 Å². The molecule has 0 aromatic rings. The second-order valence-electron chi connectivity index (χ2n) is 4.69. The lowest BCUT2D eigenvalue weighted by molar-refractivity contribution is -0.420. The number of hydrogen-bond acceptors (Lipinski definition) is 4. The molecule has 5 nitrogen and oxygen atoms in total. The molecule has 16 heavy (non-hydrogen) atoms. The lowest BCUT2D eigenvalue weighted by Gasteiger charge is -2.26. The maximum Gasteiger partial charge on any atom is 0.508 e. The molecule has 96 valence electrons. The summed E-state index contributed by atoms with van der Waals surface area (Å²) in [6, 6.07) is 0. The Morgan fingerprint density at radius 3 is 2.31 bits per heavy atom. The summed E-state index contributed by atoms with van der Waals surface area (Å²) >= 11 is 0. The summed E-state index contributed by atoms with van der Waals surface area (Å²) in [5.74, 6) is -0.103. The van der Waals surface area contributed by atoms with Crippen molar-refractivity contribution in [3.8, 4) is 0 Å². The molecule has 0 aliphatic heterocycles. The highest BCUT2D eigenvalue weighted by Crippen LogP contribution is 2.19. The maximum atomic E-state index is 10.4. The first-order valence-corrected chi connectivity index (χ1v) is 5.52. The van der Waals surface area contributed by atoms with Gasteiger partial charge in [0.15, 0.2) is 0 Å². The first kappa shape index (κ1) is 15.2. The van der Waals surface area contributed by atoms with Gasteiger partial charge in [-0.2, -0.15) is 4.89 Å². The molecule has 0 aliphatic carbocycles. The van der Waals surface area contributed by atoms with E-state index in [9.17, 15) is 4.79 Å². The molecule has 5 heteroatoms. The Balaban J connectivity index is 4.15. The molecule has 0 fully saturated rings. The lowest BCUT2D eigenvalue weighted by atomic mass is 10.0. The van der Waals surface area contributed by atoms with E-state index in [-0.39, 0.29) is 5.92 Å². The van der Waals surface area contributed by atoms with E-state index in [0.29, 0.717) is 0 Å². The number of hydrogen-bond donors (Lipinski definition) is 1. The molecule has 0 amide bonds. The molecule has 1 unspecified atom stereocenters. The first-order chi connectivity index (χ1) is 7.28. The van der Waals surface area contributed by atoms with Crippen LogP contribution in [0.25, 0.3) is 0 Å². The summed E-state index contributed by atoms with van der Waals surface area (Å²) in [5.41, 5.74) is -0.441. The highest BCUT2D eigenvalue weighted by atomic mass is 17.2. The normalized spacial score (nSPS) is 13.9. The van der Waals surface area contributed by atoms with Crippen molar-refractivity contribution >= 4 is 6.16 Å². The maximum absolute atomic E-state index is 10.4. The fourth-order valence-corrected chi connectivity index (χ4v) is 1.19. The van der Waals surface area contributed by atoms with Crippen LogP contribution >= 0.6 is 0 Å². The van der Waals surface area contributed by atoms with Crippen LogP contribution in [-0.2, 0) is 14.5 Å². The van der Waals surface area contributed by atoms with Crippen LogP contribution in [0.15, 0.2) is 0 Å². The van der Waals surface area contributed by atoms with E-state index in [0.717, 1.165) is 12.8 Å². The standard InChI is InChI=1S/C11H22O5/c1-6-7-11(4,5)16-15-9(8(2)3)14-10(12)13/h8-9H,6-7H2,1-5H3,(H,12,13). The first-order valence-electron chi connectivity index (χ1n) is 5.52. The van der Waals surface area contributed by atoms with E-state index < -0.39 is 18.0 Å². The number of carbonyl (C=O) groups is 1. The third-order valence-electron chi connectivity index (χ3n) is 1.98. The molecular formula is C11H22O5. The Kier molecular flexibility index (Phi) is 6.36. The van der Waals surface area contributed by atoms with Crippen molar-refractivity contribution in [2.75, 3.05) is 0 Å². The molecule has 0 bridgehead atoms. The van der Waals surface area contributed by atoms with Crippen molar-refractivity contribution in [2.45, 2.75) is 59.4 Å². The second-order valence-corrected chi connectivity index (χ2v) is 4.69. The Morgan fingerprint density at radius 2 is 1.94 bits per heavy atom. The smallest absolute Gasteiger partial charge is 0.450 e. The van der Waals surface area contributed by atoms with Gasteiger partial charge in [-0.15, -0.1) is 0 Å². The van der Waals surface area contributed by atoms with Crippen molar-refractivity contribution in [3.05, 3.63) is 0 Å². The van der Waals surface area contributed by atoms with E-state index in [4.69, 9.17) is 14.9 Å². The van der Waals surface area contributed by atoms with E-state index >= 15 is 0 Å². The third-order valence-corrected chi connectivity index (χ3v) is 1.98. The minimum atomic E-state index is -1.37. The molecule has 0 rings (SSSR count). The van der Waals surface area contributed by atoms with Crippen molar-refractivity contribution < 1.29 is 24.4 Å². The minimum Gasteiger partial charge on any atom is -0.450 e. The molecule has 1 atom stereocenters. The summed E-state index contributed by atoms with van der Waals surface area (Å²) in [6.07, 6.45) is -0.475. The summed E-state index contributed by atoms with van der Waals surface area (Å²) in [5, 5.41) is 8.51. The summed E-state index contributed by atoms with van der Waals surface area (Å²) < 4.78 is 4.55. The zero-order valence-corrected chi connectivity index (χ0v) is 10.6. The van der Waals surface area contributed by atoms with Crippen LogP contribution in [0.4, 0.5) is 4.79 Å². The number of carboxylic acid groups (broad SMARTS) is 1. The van der Waals surface area contributed by atoms with Gasteiger partial charge in [0.1, 0.15) is 0 Å². The van der Waals surface area contributed by atoms with Crippen LogP contribution in [0.3, 0.4) is 0 Å². The van der Waals surface area contributed by atoms with Crippen molar-refractivity contribution in [1.29, 1.82) is 0 Å². The highest BCUT2D eigenvalue weighted by molar-refractivity contribution is 5.56. The van der Waals surface area contributed by atoms with Gasteiger partial charge < -0.3 is 9.84 Å². The van der Waals surface area contributed by atoms with Gasteiger partial charge in [-0.3, -0.25) is 0 Å². The average molecular weight is 234 g/mol. The Hall–Kier alpha value is -0.810. The molecule has 0 radical (unpaired) electrons. The average Bonchev–Trinajstić information content (AvgIpc) is 2.11. The monoisotopic (exact) mass is 234 g/mol. The van der Waals surface area contributed by atoms with Crippen LogP contribution in [0, 0.1) is 5.92 Å². The van der Waals surface area contributed by atoms with Gasteiger partial charge in [0, 0.05) is 5.92 Å². The molecule has 0 saturated carbocycles. The largest absolute Gasteiger partial charge is 0.508 e. The molecule has 1 N–H and O–H groups in total. The zero-order chi connectivity index (χ0) is 12.8. The van der Waals surface area contributed by atoms with Gasteiger partial charge in [0.2, 0.25) is 6.29 Å². The fourth-order valence-electron chi connectivity index (χ4n) is 1.19. The summed E-state index contributed by atoms with van der Waals surface area (Å²) in [4.78, 5) is 20.6. The second kappa shape index (κ2) is 6.70. The van der Waals surface area contributed by atoms with Crippen LogP contribution in [-0.4, -0.2) is 23.2 Å². The van der Waals surface area contributed by atoms with Crippen LogP contribution in [0.5, 0.6) is 0 Å². The van der Waals surface area contributed by atoms with Crippen LogP contribution < -0.4 is 0 Å². The fraction of sp³-hybridized carbons (Fsp3) is 0.909. The lowest BCUT2D eigenvalue weighted by Crippen LogP contribution is -2.32. The molecule has 0 spiro atoms. The predicted octanol–water partition coefficient (Wildman–Crippen LogP) is 3.19. The Morgan fingerprint density at radius 1 is 1.38 bits per heavy atom. The van der Waals surface area contributed by atoms with Crippen molar-refractivity contribution in [1.82, 2.24) is 0 Å². The topological polar surface area (TPSA) is 65.0 Å². The highest BCUT2D eigenvalue weighted by Gasteiger charge is 2.25. The van der Waals surface area contributed by atoms with E-state index in [2.05, 4.69) is 4.74 Å². The van der Waals surface area contributed by atoms with Crippen molar-refractivity contribution in [2.24, 2.45) is 5.92 Å². The van der Waals surface area contributed by atoms with E-state index in [1.807, 2.05) is 20.8 Å². The SMILES string of the molecule is CCCC(C)(C)OOC(OC(=O)O)C(C)C. The van der Waals surface area contributed by atoms with Crippen molar-refractivity contribution in [3.63, 3.8) is 0 Å². The van der Waals surface area contributed by atoms with Gasteiger partial charge in [-0.1, -0.05) is 27.2 Å². The molecular weight excluding hydrogens is 212 g/mol. The molecule has 0 aromatic heterocycles. The van der Waals surface area contributed by atoms with Gasteiger partial charge in [0.25, 0.3) is 0 Å². The van der Waals surface area contributed by atoms with Gasteiger partial charge in [0.05, 0.1) is 5.60 Å². The third kappa shape index (κ3) is 6.63. The number of ether oxygens (including phenoxy) is 1. The van der Waals surface area contributed by atoms with Gasteiger partial charge >= 0.3 is 6.16 Å². The molecule has 0 aliphatic rings. The Labute approximate surface area is 96.6 Å².